The summed E-state index contributed by atoms with van der Waals surface area (Å²) in [6, 6.07) is -3.80. The number of nitrogens with zero attached hydrogens (tertiary/aromatic N) is 1. The molecular formula is C26H36F3N5O5. The second kappa shape index (κ2) is 10.5. The maximum atomic E-state index is 13.9. The van der Waals surface area contributed by atoms with Crippen molar-refractivity contribution in [1.82, 2.24) is 20.9 Å². The average Bonchev–Trinajstić information content (AvgIpc) is 3.45. The van der Waals surface area contributed by atoms with Crippen molar-refractivity contribution in [3.8, 4) is 0 Å². The number of nitrogens with two attached hydrogens (primary N) is 1. The van der Waals surface area contributed by atoms with E-state index in [0.717, 1.165) is 12.8 Å². The van der Waals surface area contributed by atoms with E-state index in [9.17, 15) is 37.1 Å². The fourth-order valence-corrected chi connectivity index (χ4v) is 6.65. The number of carbonyl (C=O) groups excluding carboxylic acids is 5. The van der Waals surface area contributed by atoms with E-state index >= 15 is 0 Å². The molecule has 0 aromatic rings. The van der Waals surface area contributed by atoms with Crippen LogP contribution in [0.4, 0.5) is 13.2 Å². The predicted octanol–water partition coefficient (Wildman–Crippen LogP) is 0.615. The summed E-state index contributed by atoms with van der Waals surface area (Å²) in [5, 5.41) is 7.16. The molecule has 5 aliphatic rings. The number of halogens is 3. The van der Waals surface area contributed by atoms with Gasteiger partial charge in [-0.3, -0.25) is 24.0 Å². The third-order valence-electron chi connectivity index (χ3n) is 8.63. The quantitative estimate of drug-likeness (QED) is 0.340. The van der Waals surface area contributed by atoms with Gasteiger partial charge >= 0.3 is 12.1 Å². The molecule has 39 heavy (non-hydrogen) atoms. The van der Waals surface area contributed by atoms with Crippen LogP contribution in [0.15, 0.2) is 12.2 Å². The number of alkyl halides is 3. The third-order valence-corrected chi connectivity index (χ3v) is 8.63. The number of amides is 5. The number of hydrogen-bond acceptors (Lipinski definition) is 5. The van der Waals surface area contributed by atoms with Gasteiger partial charge < -0.3 is 26.6 Å². The smallest absolute Gasteiger partial charge is 0.368 e. The molecule has 0 aromatic carbocycles. The minimum absolute atomic E-state index is 0.000118. The number of primary amides is 1. The number of allylic oxidation sites excluding steroid dienone is 2. The molecule has 0 aromatic heterocycles. The Hall–Kier alpha value is -3.12. The van der Waals surface area contributed by atoms with Crippen molar-refractivity contribution in [2.45, 2.75) is 70.8 Å². The van der Waals surface area contributed by atoms with Gasteiger partial charge in [-0.05, 0) is 54.8 Å². The Labute approximate surface area is 224 Å². The van der Waals surface area contributed by atoms with Crippen molar-refractivity contribution in [3.05, 3.63) is 12.2 Å². The lowest BCUT2D eigenvalue weighted by atomic mass is 9.62. The van der Waals surface area contributed by atoms with E-state index in [2.05, 4.69) is 16.7 Å². The van der Waals surface area contributed by atoms with Crippen molar-refractivity contribution < 1.29 is 37.1 Å². The fraction of sp³-hybridized carbons (Fsp3) is 0.731. The zero-order valence-electron chi connectivity index (χ0n) is 22.2. The number of carbonyl (C=O) groups is 5. The molecule has 5 rings (SSSR count). The summed E-state index contributed by atoms with van der Waals surface area (Å²) in [6.07, 6.45) is 1.04. The first-order valence-corrected chi connectivity index (χ1v) is 13.3. The van der Waals surface area contributed by atoms with Gasteiger partial charge in [-0.2, -0.15) is 13.2 Å². The largest absolute Gasteiger partial charge is 0.471 e. The number of hydrogen-bond donors (Lipinski definition) is 4. The van der Waals surface area contributed by atoms with Crippen LogP contribution in [0.3, 0.4) is 0 Å². The Morgan fingerprint density at radius 1 is 1.08 bits per heavy atom. The topological polar surface area (TPSA) is 151 Å². The van der Waals surface area contributed by atoms with Gasteiger partial charge in [-0.25, -0.2) is 0 Å². The van der Waals surface area contributed by atoms with Crippen LogP contribution in [0.2, 0.25) is 0 Å². The lowest BCUT2D eigenvalue weighted by Gasteiger charge is -2.42. The Balaban J connectivity index is 1.63. The summed E-state index contributed by atoms with van der Waals surface area (Å²) in [7, 11) is 0. The van der Waals surface area contributed by atoms with Crippen molar-refractivity contribution in [2.24, 2.45) is 40.7 Å². The van der Waals surface area contributed by atoms with Crippen molar-refractivity contribution >= 4 is 29.5 Å². The van der Waals surface area contributed by atoms with Gasteiger partial charge in [0.05, 0.1) is 0 Å². The minimum atomic E-state index is -5.19. The molecular weight excluding hydrogens is 519 g/mol. The third kappa shape index (κ3) is 5.76. The maximum absolute atomic E-state index is 13.9. The van der Waals surface area contributed by atoms with Gasteiger partial charge in [0.1, 0.15) is 18.1 Å². The van der Waals surface area contributed by atoms with E-state index < -0.39 is 59.3 Å². The molecule has 3 fully saturated rings. The molecule has 3 aliphatic carbocycles. The predicted molar refractivity (Wildman–Crippen MR) is 132 cm³/mol. The average molecular weight is 556 g/mol. The lowest BCUT2D eigenvalue weighted by Crippen LogP contribution is -2.61. The van der Waals surface area contributed by atoms with Gasteiger partial charge in [0.15, 0.2) is 0 Å². The van der Waals surface area contributed by atoms with Crippen molar-refractivity contribution in [2.75, 3.05) is 13.1 Å². The summed E-state index contributed by atoms with van der Waals surface area (Å²) in [4.78, 5) is 65.1. The Bertz CT molecular complexity index is 1070. The number of likely N-dealkylation sites (tertiary alicyclic amines) is 1. The molecule has 216 valence electrons. The van der Waals surface area contributed by atoms with Crippen LogP contribution >= 0.6 is 0 Å². The van der Waals surface area contributed by atoms with Gasteiger partial charge in [0, 0.05) is 19.0 Å². The number of fused-ring (bicyclic) bond motifs is 1. The molecule has 13 heteroatoms. The molecule has 2 bridgehead atoms. The molecule has 2 heterocycles. The normalized spacial score (nSPS) is 31.3. The van der Waals surface area contributed by atoms with Crippen LogP contribution in [0.25, 0.3) is 0 Å². The zero-order valence-corrected chi connectivity index (χ0v) is 22.2. The first-order valence-electron chi connectivity index (χ1n) is 13.3. The van der Waals surface area contributed by atoms with Crippen molar-refractivity contribution in [3.63, 3.8) is 0 Å². The summed E-state index contributed by atoms with van der Waals surface area (Å²) in [5.74, 6) is -5.58. The number of nitrogens with one attached hydrogen (secondary N) is 3. The maximum Gasteiger partial charge on any atom is 0.471 e. The standard InChI is InChI=1S/C26H36F3N5O5/c1-25(2,3)19(33-24(39)26(27,28)29)23(38)34-11-15-12-4-6-13(7-5-12)17(15)18(34)22(37)32-16(20(30)35)10-14-8-9-31-21(14)36/h4,6,12-19H,5,7-11H2,1-3H3,(H2,30,35)(H,31,36)(H,32,37)(H,33,39)/t12-,13+,14-,15-,16-,17+,18+,19+/m0/s1. The van der Waals surface area contributed by atoms with E-state index in [1.54, 1.807) is 0 Å². The SMILES string of the molecule is CC(C)(C)[C@H](NC(=O)C(F)(F)F)C(=O)N1C[C@@H]2[C@@H]([C@@H]3C=C[C@H]2CC3)[C@@H]1C(=O)N[C@@H](C[C@@H]1CCNC1=O)C(N)=O. The molecule has 8 atom stereocenters. The van der Waals surface area contributed by atoms with Gasteiger partial charge in [-0.15, -0.1) is 0 Å². The molecule has 0 radical (unpaired) electrons. The highest BCUT2D eigenvalue weighted by Crippen LogP contribution is 2.51. The van der Waals surface area contributed by atoms with Crippen LogP contribution in [0, 0.1) is 35.0 Å². The van der Waals surface area contributed by atoms with E-state index in [4.69, 9.17) is 5.73 Å². The summed E-state index contributed by atoms with van der Waals surface area (Å²) < 4.78 is 39.4. The molecule has 5 amide bonds. The molecule has 5 N–H and O–H groups in total. The molecule has 0 spiro atoms. The van der Waals surface area contributed by atoms with Crippen LogP contribution in [-0.4, -0.2) is 71.8 Å². The van der Waals surface area contributed by atoms with Crippen LogP contribution in [0.1, 0.15) is 46.5 Å². The highest BCUT2D eigenvalue weighted by atomic mass is 19.4. The summed E-state index contributed by atoms with van der Waals surface area (Å²) in [6.45, 7) is 5.18. The second-order valence-corrected chi connectivity index (χ2v) is 12.2. The second-order valence-electron chi connectivity index (χ2n) is 12.2. The summed E-state index contributed by atoms with van der Waals surface area (Å²) in [5.41, 5.74) is 4.46. The molecule has 2 saturated heterocycles. The summed E-state index contributed by atoms with van der Waals surface area (Å²) >= 11 is 0. The Morgan fingerprint density at radius 2 is 1.72 bits per heavy atom. The van der Waals surface area contributed by atoms with Crippen LogP contribution < -0.4 is 21.7 Å². The Morgan fingerprint density at radius 3 is 2.23 bits per heavy atom. The minimum Gasteiger partial charge on any atom is -0.368 e. The highest BCUT2D eigenvalue weighted by molar-refractivity contribution is 5.96. The highest BCUT2D eigenvalue weighted by Gasteiger charge is 2.57. The van der Waals surface area contributed by atoms with Gasteiger partial charge in [0.2, 0.25) is 23.6 Å². The lowest BCUT2D eigenvalue weighted by molar-refractivity contribution is -0.176. The van der Waals surface area contributed by atoms with E-state index in [1.165, 1.54) is 25.7 Å². The zero-order chi connectivity index (χ0) is 28.9. The van der Waals surface area contributed by atoms with Crippen LogP contribution in [-0.2, 0) is 24.0 Å². The van der Waals surface area contributed by atoms with E-state index in [-0.39, 0.29) is 42.5 Å². The fourth-order valence-electron chi connectivity index (χ4n) is 6.65. The van der Waals surface area contributed by atoms with E-state index in [0.29, 0.717) is 13.0 Å². The van der Waals surface area contributed by atoms with Crippen LogP contribution in [0.5, 0.6) is 0 Å². The first-order chi connectivity index (χ1) is 18.1. The van der Waals surface area contributed by atoms with E-state index in [1.807, 2.05) is 11.4 Å². The van der Waals surface area contributed by atoms with Gasteiger partial charge in [0.25, 0.3) is 0 Å². The van der Waals surface area contributed by atoms with Crippen molar-refractivity contribution in [1.29, 1.82) is 0 Å². The monoisotopic (exact) mass is 555 g/mol. The molecule has 10 nitrogen and oxygen atoms in total. The number of rotatable bonds is 7. The Kier molecular flexibility index (Phi) is 7.74. The molecule has 2 aliphatic heterocycles. The molecule has 0 unspecified atom stereocenters. The van der Waals surface area contributed by atoms with Gasteiger partial charge in [-0.1, -0.05) is 32.9 Å². The molecule has 1 saturated carbocycles. The first kappa shape index (κ1) is 28.9.